The van der Waals surface area contributed by atoms with Crippen molar-refractivity contribution in [2.45, 2.75) is 64.1 Å². The highest BCUT2D eigenvalue weighted by atomic mass is 32.1. The molecule has 1 aliphatic heterocycles. The van der Waals surface area contributed by atoms with Gasteiger partial charge in [-0.25, -0.2) is 0 Å². The lowest BCUT2D eigenvalue weighted by molar-refractivity contribution is -0.384. The van der Waals surface area contributed by atoms with E-state index < -0.39 is 0 Å². The van der Waals surface area contributed by atoms with Crippen LogP contribution >= 0.6 is 12.2 Å². The predicted octanol–water partition coefficient (Wildman–Crippen LogP) is 5.71. The van der Waals surface area contributed by atoms with E-state index in [-0.39, 0.29) is 22.7 Å². The molecule has 8 nitrogen and oxygen atoms in total. The third-order valence-corrected chi connectivity index (χ3v) is 7.84. The number of methoxy groups -OCH3 is 1. The molecule has 5 rings (SSSR count). The molecular formula is C27H31N5O3S. The number of nitrogens with zero attached hydrogens (tertiary/aromatic N) is 4. The Morgan fingerprint density at radius 1 is 1.14 bits per heavy atom. The number of aromatic nitrogens is 2. The molecule has 1 saturated carbocycles. The normalized spacial score (nSPS) is 20.4. The number of benzene rings is 1. The zero-order chi connectivity index (χ0) is 25.4. The number of nitrogens with one attached hydrogen (secondary N) is 1. The summed E-state index contributed by atoms with van der Waals surface area (Å²) in [5, 5.41) is 15.9. The Balaban J connectivity index is 1.66. The van der Waals surface area contributed by atoms with Crippen LogP contribution in [0.2, 0.25) is 0 Å². The van der Waals surface area contributed by atoms with Crippen molar-refractivity contribution in [2.24, 2.45) is 0 Å². The Labute approximate surface area is 216 Å². The van der Waals surface area contributed by atoms with Crippen LogP contribution < -0.4 is 10.1 Å². The van der Waals surface area contributed by atoms with Crippen molar-refractivity contribution in [3.63, 3.8) is 0 Å². The number of hydrogen-bond donors (Lipinski definition) is 1. The first-order valence-corrected chi connectivity index (χ1v) is 12.8. The maximum atomic E-state index is 11.5. The molecule has 1 saturated heterocycles. The van der Waals surface area contributed by atoms with E-state index in [9.17, 15) is 10.1 Å². The topological polar surface area (TPSA) is 85.5 Å². The molecule has 1 aromatic carbocycles. The van der Waals surface area contributed by atoms with E-state index in [1.807, 2.05) is 31.3 Å². The number of hydrogen-bond acceptors (Lipinski definition) is 5. The van der Waals surface area contributed by atoms with Crippen molar-refractivity contribution in [3.8, 4) is 11.4 Å². The summed E-state index contributed by atoms with van der Waals surface area (Å²) in [6, 6.07) is 13.1. The summed E-state index contributed by atoms with van der Waals surface area (Å²) in [6.45, 7) is 4.09. The molecular weight excluding hydrogens is 474 g/mol. The number of ether oxygens (including phenoxy) is 1. The van der Waals surface area contributed by atoms with Gasteiger partial charge in [0.2, 0.25) is 0 Å². The van der Waals surface area contributed by atoms with E-state index in [1.165, 1.54) is 25.3 Å². The van der Waals surface area contributed by atoms with E-state index >= 15 is 0 Å². The Hall–Kier alpha value is -3.46. The SMILES string of the molecule is COc1ccc([N+](=O)[O-])cc1-n1c(C)cc([C@@H]2[C@@H](c3ccccn3)NC(=S)N2C2CCCCC2)c1C. The number of pyridine rings is 1. The maximum Gasteiger partial charge on any atom is 0.271 e. The minimum atomic E-state index is -0.376. The number of rotatable bonds is 6. The van der Waals surface area contributed by atoms with Gasteiger partial charge in [0.1, 0.15) is 5.75 Å². The lowest BCUT2D eigenvalue weighted by Crippen LogP contribution is -2.40. The van der Waals surface area contributed by atoms with Crippen LogP contribution in [0.3, 0.4) is 0 Å². The molecule has 0 spiro atoms. The summed E-state index contributed by atoms with van der Waals surface area (Å²) in [4.78, 5) is 18.2. The van der Waals surface area contributed by atoms with Crippen molar-refractivity contribution in [1.29, 1.82) is 0 Å². The first kappa shape index (κ1) is 24.2. The summed E-state index contributed by atoms with van der Waals surface area (Å²) >= 11 is 5.92. The summed E-state index contributed by atoms with van der Waals surface area (Å²) in [6.07, 6.45) is 7.72. The second-order valence-electron chi connectivity index (χ2n) is 9.60. The van der Waals surface area contributed by atoms with Crippen molar-refractivity contribution >= 4 is 23.0 Å². The Bertz CT molecular complexity index is 1290. The van der Waals surface area contributed by atoms with Gasteiger partial charge in [-0.15, -0.1) is 0 Å². The highest BCUT2D eigenvalue weighted by Crippen LogP contribution is 2.45. The van der Waals surface area contributed by atoms with Gasteiger partial charge in [-0.05, 0) is 68.7 Å². The highest BCUT2D eigenvalue weighted by Gasteiger charge is 2.44. The van der Waals surface area contributed by atoms with E-state index in [4.69, 9.17) is 17.0 Å². The van der Waals surface area contributed by atoms with Gasteiger partial charge in [0, 0.05) is 35.8 Å². The molecule has 0 radical (unpaired) electrons. The first-order valence-electron chi connectivity index (χ1n) is 12.4. The smallest absolute Gasteiger partial charge is 0.271 e. The quantitative estimate of drug-likeness (QED) is 0.261. The van der Waals surface area contributed by atoms with Crippen molar-refractivity contribution in [3.05, 3.63) is 81.4 Å². The Morgan fingerprint density at radius 3 is 2.58 bits per heavy atom. The molecule has 0 unspecified atom stereocenters. The van der Waals surface area contributed by atoms with E-state index in [0.717, 1.165) is 40.6 Å². The molecule has 3 aromatic rings. The van der Waals surface area contributed by atoms with E-state index in [1.54, 1.807) is 19.2 Å². The lowest BCUT2D eigenvalue weighted by Gasteiger charge is -2.37. The number of nitro benzene ring substituents is 1. The van der Waals surface area contributed by atoms with Crippen LogP contribution in [0.1, 0.15) is 66.8 Å². The van der Waals surface area contributed by atoms with Gasteiger partial charge in [0.15, 0.2) is 5.11 Å². The summed E-state index contributed by atoms with van der Waals surface area (Å²) in [7, 11) is 1.58. The molecule has 2 aromatic heterocycles. The van der Waals surface area contributed by atoms with Crippen LogP contribution in [-0.4, -0.2) is 37.6 Å². The van der Waals surface area contributed by atoms with Crippen LogP contribution in [0.15, 0.2) is 48.7 Å². The van der Waals surface area contributed by atoms with Gasteiger partial charge in [-0.2, -0.15) is 0 Å². The van der Waals surface area contributed by atoms with E-state index in [2.05, 4.69) is 32.8 Å². The average Bonchev–Trinajstić information content (AvgIpc) is 3.39. The van der Waals surface area contributed by atoms with Crippen LogP contribution in [0, 0.1) is 24.0 Å². The van der Waals surface area contributed by atoms with Gasteiger partial charge in [0.25, 0.3) is 5.69 Å². The third-order valence-electron chi connectivity index (χ3n) is 7.51. The van der Waals surface area contributed by atoms with Crippen molar-refractivity contribution in [2.75, 3.05) is 7.11 Å². The molecule has 0 bridgehead atoms. The third kappa shape index (κ3) is 4.21. The Kier molecular flexibility index (Phi) is 6.66. The molecule has 1 aliphatic carbocycles. The summed E-state index contributed by atoms with van der Waals surface area (Å²) in [5.41, 5.74) is 4.74. The minimum absolute atomic E-state index is 0.0266. The van der Waals surface area contributed by atoms with Crippen LogP contribution in [0.5, 0.6) is 5.75 Å². The van der Waals surface area contributed by atoms with Gasteiger partial charge in [0.05, 0.1) is 35.5 Å². The fourth-order valence-corrected chi connectivity index (χ4v) is 6.26. The molecule has 2 aliphatic rings. The van der Waals surface area contributed by atoms with Gasteiger partial charge < -0.3 is 19.5 Å². The zero-order valence-corrected chi connectivity index (χ0v) is 21.6. The monoisotopic (exact) mass is 505 g/mol. The number of non-ortho nitro benzene ring substituents is 1. The van der Waals surface area contributed by atoms with Crippen LogP contribution in [0.25, 0.3) is 5.69 Å². The molecule has 3 heterocycles. The average molecular weight is 506 g/mol. The molecule has 9 heteroatoms. The first-order chi connectivity index (χ1) is 17.4. The number of aryl methyl sites for hydroxylation is 1. The fourth-order valence-electron chi connectivity index (χ4n) is 5.88. The standard InChI is InChI=1S/C27H31N5O3S/c1-17-15-21(18(2)30(17)23-16-20(32(33)34)12-13-24(23)35-3)26-25(22-11-7-8-14-28-22)29-27(36)31(26)19-9-5-4-6-10-19/h7-8,11-16,19,25-26H,4-6,9-10H2,1-3H3,(H,29,36)/t25-,26-/m1/s1. The van der Waals surface area contributed by atoms with E-state index in [0.29, 0.717) is 17.5 Å². The fraction of sp³-hybridized carbons (Fsp3) is 0.407. The second-order valence-corrected chi connectivity index (χ2v) is 9.99. The zero-order valence-electron chi connectivity index (χ0n) is 20.8. The second kappa shape index (κ2) is 9.89. The lowest BCUT2D eigenvalue weighted by atomic mass is 9.90. The van der Waals surface area contributed by atoms with Crippen LogP contribution in [-0.2, 0) is 0 Å². The molecule has 0 amide bonds. The van der Waals surface area contributed by atoms with Crippen LogP contribution in [0.4, 0.5) is 5.69 Å². The van der Waals surface area contributed by atoms with Crippen molar-refractivity contribution in [1.82, 2.24) is 19.8 Å². The number of thiocarbonyl (C=S) groups is 1. The maximum absolute atomic E-state index is 11.5. The molecule has 1 N–H and O–H groups in total. The number of nitro groups is 1. The molecule has 2 fully saturated rings. The molecule has 188 valence electrons. The highest BCUT2D eigenvalue weighted by molar-refractivity contribution is 7.80. The summed E-state index contributed by atoms with van der Waals surface area (Å²) in [5.74, 6) is 0.583. The largest absolute Gasteiger partial charge is 0.495 e. The minimum Gasteiger partial charge on any atom is -0.495 e. The van der Waals surface area contributed by atoms with Gasteiger partial charge in [-0.1, -0.05) is 25.3 Å². The Morgan fingerprint density at radius 2 is 1.92 bits per heavy atom. The van der Waals surface area contributed by atoms with Gasteiger partial charge in [-0.3, -0.25) is 15.1 Å². The molecule has 2 atom stereocenters. The van der Waals surface area contributed by atoms with Gasteiger partial charge >= 0.3 is 0 Å². The predicted molar refractivity (Wildman–Crippen MR) is 143 cm³/mol. The summed E-state index contributed by atoms with van der Waals surface area (Å²) < 4.78 is 7.66. The van der Waals surface area contributed by atoms with Crippen molar-refractivity contribution < 1.29 is 9.66 Å². The molecule has 36 heavy (non-hydrogen) atoms.